The predicted octanol–water partition coefficient (Wildman–Crippen LogP) is 3.65. The number of fused-ring (bicyclic) bond motifs is 1. The van der Waals surface area contributed by atoms with Crippen molar-refractivity contribution in [3.8, 4) is 0 Å². The molecule has 1 heterocycles. The number of hydrogen-bond donors (Lipinski definition) is 0. The largest absolute Gasteiger partial charge is 0.299 e. The lowest BCUT2D eigenvalue weighted by Gasteiger charge is -2.09. The maximum absolute atomic E-state index is 12.1. The molecule has 0 fully saturated rings. The van der Waals surface area contributed by atoms with Gasteiger partial charge in [-0.1, -0.05) is 32.3 Å². The van der Waals surface area contributed by atoms with Crippen molar-refractivity contribution in [2.24, 2.45) is 0 Å². The number of carbonyl (C=O) groups is 1. The number of carbonyl (C=O) groups excluding carboxylic acids is 1. The van der Waals surface area contributed by atoms with Crippen LogP contribution in [0.25, 0.3) is 0 Å². The molecule has 0 aromatic carbocycles. The SMILES string of the molecule is CCCCCCC(=O)C1CCc2cccnc21. The fourth-order valence-corrected chi connectivity index (χ4v) is 2.63. The number of pyridine rings is 1. The van der Waals surface area contributed by atoms with Crippen LogP contribution in [-0.4, -0.2) is 10.8 Å². The Morgan fingerprint density at radius 2 is 2.29 bits per heavy atom. The van der Waals surface area contributed by atoms with Gasteiger partial charge >= 0.3 is 0 Å². The van der Waals surface area contributed by atoms with E-state index in [2.05, 4.69) is 18.0 Å². The summed E-state index contributed by atoms with van der Waals surface area (Å²) in [6.45, 7) is 2.19. The van der Waals surface area contributed by atoms with Crippen LogP contribution in [0.2, 0.25) is 0 Å². The van der Waals surface area contributed by atoms with Gasteiger partial charge in [-0.15, -0.1) is 0 Å². The van der Waals surface area contributed by atoms with Gasteiger partial charge in [-0.2, -0.15) is 0 Å². The molecule has 2 heteroatoms. The number of ketones is 1. The summed E-state index contributed by atoms with van der Waals surface area (Å²) in [5, 5.41) is 0. The molecule has 0 saturated heterocycles. The molecule has 17 heavy (non-hydrogen) atoms. The molecular weight excluding hydrogens is 210 g/mol. The maximum atomic E-state index is 12.1. The second-order valence-corrected chi connectivity index (χ2v) is 4.92. The first kappa shape index (κ1) is 12.3. The summed E-state index contributed by atoms with van der Waals surface area (Å²) < 4.78 is 0. The van der Waals surface area contributed by atoms with Gasteiger partial charge in [0.1, 0.15) is 5.78 Å². The van der Waals surface area contributed by atoms with Crippen LogP contribution in [-0.2, 0) is 11.2 Å². The minimum Gasteiger partial charge on any atom is -0.299 e. The first-order valence-electron chi connectivity index (χ1n) is 6.79. The van der Waals surface area contributed by atoms with Crippen molar-refractivity contribution in [3.63, 3.8) is 0 Å². The van der Waals surface area contributed by atoms with Crippen LogP contribution in [0.4, 0.5) is 0 Å². The topological polar surface area (TPSA) is 30.0 Å². The zero-order valence-electron chi connectivity index (χ0n) is 10.6. The lowest BCUT2D eigenvalue weighted by atomic mass is 9.96. The minimum absolute atomic E-state index is 0.0906. The molecule has 1 unspecified atom stereocenters. The van der Waals surface area contributed by atoms with Gasteiger partial charge in [0, 0.05) is 12.6 Å². The van der Waals surface area contributed by atoms with Crippen molar-refractivity contribution in [2.75, 3.05) is 0 Å². The highest BCUT2D eigenvalue weighted by atomic mass is 16.1. The molecule has 1 aromatic rings. The molecule has 0 radical (unpaired) electrons. The lowest BCUT2D eigenvalue weighted by Crippen LogP contribution is -2.10. The average Bonchev–Trinajstić information content (AvgIpc) is 2.78. The van der Waals surface area contributed by atoms with E-state index in [1.807, 2.05) is 12.3 Å². The van der Waals surface area contributed by atoms with E-state index < -0.39 is 0 Å². The highest BCUT2D eigenvalue weighted by Crippen LogP contribution is 2.32. The van der Waals surface area contributed by atoms with Gasteiger partial charge in [0.05, 0.1) is 11.6 Å². The molecule has 1 aliphatic rings. The van der Waals surface area contributed by atoms with Crippen LogP contribution >= 0.6 is 0 Å². The van der Waals surface area contributed by atoms with Crippen LogP contribution in [0.3, 0.4) is 0 Å². The summed E-state index contributed by atoms with van der Waals surface area (Å²) in [6, 6.07) is 4.07. The Kier molecular flexibility index (Phi) is 4.29. The van der Waals surface area contributed by atoms with Crippen LogP contribution in [0.1, 0.15) is 62.6 Å². The molecule has 0 N–H and O–H groups in total. The Hall–Kier alpha value is -1.18. The monoisotopic (exact) mass is 231 g/mol. The van der Waals surface area contributed by atoms with Gasteiger partial charge in [-0.25, -0.2) is 0 Å². The normalized spacial score (nSPS) is 18.1. The zero-order valence-corrected chi connectivity index (χ0v) is 10.6. The molecule has 0 saturated carbocycles. The van der Waals surface area contributed by atoms with Crippen molar-refractivity contribution >= 4 is 5.78 Å². The van der Waals surface area contributed by atoms with Crippen LogP contribution < -0.4 is 0 Å². The smallest absolute Gasteiger partial charge is 0.141 e. The van der Waals surface area contributed by atoms with E-state index in [9.17, 15) is 4.79 Å². The standard InChI is InChI=1S/C15H21NO/c1-2-3-4-5-8-14(17)13-10-9-12-7-6-11-16-15(12)13/h6-7,11,13H,2-5,8-10H2,1H3. The molecule has 0 amide bonds. The van der Waals surface area contributed by atoms with E-state index in [0.717, 1.165) is 31.4 Å². The third-order valence-electron chi connectivity index (χ3n) is 3.62. The first-order chi connectivity index (χ1) is 8.33. The Morgan fingerprint density at radius 3 is 3.12 bits per heavy atom. The third-order valence-corrected chi connectivity index (χ3v) is 3.62. The quantitative estimate of drug-likeness (QED) is 0.699. The van der Waals surface area contributed by atoms with Crippen molar-refractivity contribution < 1.29 is 4.79 Å². The molecule has 1 aliphatic carbocycles. The van der Waals surface area contributed by atoms with Crippen molar-refractivity contribution in [1.82, 2.24) is 4.98 Å². The molecule has 0 bridgehead atoms. The number of nitrogens with zero attached hydrogens (tertiary/aromatic N) is 1. The van der Waals surface area contributed by atoms with E-state index in [0.29, 0.717) is 5.78 Å². The number of rotatable bonds is 6. The van der Waals surface area contributed by atoms with E-state index in [1.54, 1.807) is 0 Å². The van der Waals surface area contributed by atoms with Gasteiger partial charge in [0.2, 0.25) is 0 Å². The van der Waals surface area contributed by atoms with Crippen LogP contribution in [0.5, 0.6) is 0 Å². The number of Topliss-reactive ketones (excluding diaryl/α,β-unsaturated/α-hetero) is 1. The molecule has 92 valence electrons. The lowest BCUT2D eigenvalue weighted by molar-refractivity contribution is -0.120. The highest BCUT2D eigenvalue weighted by Gasteiger charge is 2.28. The summed E-state index contributed by atoms with van der Waals surface area (Å²) in [6.07, 6.45) is 9.24. The van der Waals surface area contributed by atoms with E-state index in [-0.39, 0.29) is 5.92 Å². The van der Waals surface area contributed by atoms with Gasteiger partial charge in [0.15, 0.2) is 0 Å². The summed E-state index contributed by atoms with van der Waals surface area (Å²) in [5.74, 6) is 0.492. The molecule has 0 spiro atoms. The predicted molar refractivity (Wildman–Crippen MR) is 69.1 cm³/mol. The second kappa shape index (κ2) is 5.95. The maximum Gasteiger partial charge on any atom is 0.141 e. The summed E-state index contributed by atoms with van der Waals surface area (Å²) >= 11 is 0. The Balaban J connectivity index is 1.89. The molecule has 2 rings (SSSR count). The van der Waals surface area contributed by atoms with E-state index >= 15 is 0 Å². The van der Waals surface area contributed by atoms with E-state index in [4.69, 9.17) is 0 Å². The molecule has 1 aromatic heterocycles. The van der Waals surface area contributed by atoms with Crippen LogP contribution in [0.15, 0.2) is 18.3 Å². The third kappa shape index (κ3) is 2.93. The fraction of sp³-hybridized carbons (Fsp3) is 0.600. The molecule has 1 atom stereocenters. The van der Waals surface area contributed by atoms with Gasteiger partial charge in [-0.05, 0) is 30.9 Å². The number of aromatic nitrogens is 1. The molecule has 0 aliphatic heterocycles. The Labute approximate surface area is 103 Å². The second-order valence-electron chi connectivity index (χ2n) is 4.92. The van der Waals surface area contributed by atoms with Gasteiger partial charge < -0.3 is 0 Å². The van der Waals surface area contributed by atoms with Crippen molar-refractivity contribution in [2.45, 2.75) is 57.8 Å². The number of hydrogen-bond acceptors (Lipinski definition) is 2. The first-order valence-corrected chi connectivity index (χ1v) is 6.79. The Bertz CT molecular complexity index is 386. The summed E-state index contributed by atoms with van der Waals surface area (Å²) in [5.41, 5.74) is 2.33. The number of aryl methyl sites for hydroxylation is 1. The zero-order chi connectivity index (χ0) is 12.1. The fourth-order valence-electron chi connectivity index (χ4n) is 2.63. The average molecular weight is 231 g/mol. The van der Waals surface area contributed by atoms with Crippen molar-refractivity contribution in [3.05, 3.63) is 29.6 Å². The molecular formula is C15H21NO. The van der Waals surface area contributed by atoms with Crippen molar-refractivity contribution in [1.29, 1.82) is 0 Å². The molecule has 2 nitrogen and oxygen atoms in total. The summed E-state index contributed by atoms with van der Waals surface area (Å²) in [4.78, 5) is 16.5. The van der Waals surface area contributed by atoms with E-state index in [1.165, 1.54) is 24.8 Å². The number of unbranched alkanes of at least 4 members (excludes halogenated alkanes) is 3. The minimum atomic E-state index is 0.0906. The van der Waals surface area contributed by atoms with Crippen LogP contribution in [0, 0.1) is 0 Å². The Morgan fingerprint density at radius 1 is 1.41 bits per heavy atom. The van der Waals surface area contributed by atoms with Gasteiger partial charge in [-0.3, -0.25) is 9.78 Å². The highest BCUT2D eigenvalue weighted by molar-refractivity contribution is 5.86. The summed E-state index contributed by atoms with van der Waals surface area (Å²) in [7, 11) is 0. The van der Waals surface area contributed by atoms with Gasteiger partial charge in [0.25, 0.3) is 0 Å².